The maximum atomic E-state index is 12.6. The van der Waals surface area contributed by atoms with Crippen molar-refractivity contribution >= 4 is 11.9 Å². The number of carbonyl (C=O) groups is 2. The van der Waals surface area contributed by atoms with Crippen molar-refractivity contribution in [2.45, 2.75) is 70.5 Å². The number of unbranched alkanes of at least 4 members (excludes halogenated alkanes) is 1. The number of nitrogens with zero attached hydrogens (tertiary/aromatic N) is 1. The molecule has 0 aromatic rings. The Labute approximate surface area is 127 Å². The summed E-state index contributed by atoms with van der Waals surface area (Å²) >= 11 is 0. The minimum Gasteiger partial charge on any atom is -0.469 e. The minimum atomic E-state index is -0.245. The van der Waals surface area contributed by atoms with Gasteiger partial charge in [0, 0.05) is 6.54 Å². The lowest BCUT2D eigenvalue weighted by Crippen LogP contribution is -2.43. The van der Waals surface area contributed by atoms with Gasteiger partial charge in [0.15, 0.2) is 0 Å². The zero-order chi connectivity index (χ0) is 15.2. The van der Waals surface area contributed by atoms with Crippen molar-refractivity contribution in [3.8, 4) is 0 Å². The molecule has 0 aromatic carbocycles. The molecule has 2 aliphatic rings. The third kappa shape index (κ3) is 3.96. The molecule has 0 radical (unpaired) electrons. The normalized spacial score (nSPS) is 26.6. The Hall–Kier alpha value is -1.10. The van der Waals surface area contributed by atoms with Crippen molar-refractivity contribution in [1.82, 2.24) is 10.2 Å². The first-order chi connectivity index (χ1) is 10.2. The highest BCUT2D eigenvalue weighted by molar-refractivity contribution is 5.84. The van der Waals surface area contributed by atoms with Gasteiger partial charge in [0.25, 0.3) is 0 Å². The molecule has 1 saturated carbocycles. The Bertz CT molecular complexity index is 367. The summed E-state index contributed by atoms with van der Waals surface area (Å²) in [5.74, 6) is 0.465. The number of ether oxygens (including phenoxy) is 1. The summed E-state index contributed by atoms with van der Waals surface area (Å²) in [5.41, 5.74) is 0. The molecule has 5 nitrogen and oxygen atoms in total. The second kappa shape index (κ2) is 7.78. The van der Waals surface area contributed by atoms with Crippen LogP contribution in [0.1, 0.15) is 58.3 Å². The summed E-state index contributed by atoms with van der Waals surface area (Å²) in [4.78, 5) is 25.9. The van der Waals surface area contributed by atoms with Gasteiger partial charge in [0.05, 0.1) is 25.7 Å². The van der Waals surface area contributed by atoms with Gasteiger partial charge in [-0.05, 0) is 25.2 Å². The SMILES string of the molecule is CCCCC1NC(C2CCCC2)N(CCC(=O)OC)C1=O. The van der Waals surface area contributed by atoms with E-state index in [0.717, 1.165) is 19.3 Å². The molecule has 5 heteroatoms. The van der Waals surface area contributed by atoms with E-state index in [1.165, 1.54) is 32.8 Å². The molecule has 0 aromatic heterocycles. The van der Waals surface area contributed by atoms with Gasteiger partial charge < -0.3 is 9.64 Å². The highest BCUT2D eigenvalue weighted by Gasteiger charge is 2.42. The number of methoxy groups -OCH3 is 1. The molecule has 0 spiro atoms. The zero-order valence-corrected chi connectivity index (χ0v) is 13.3. The Morgan fingerprint density at radius 2 is 2.10 bits per heavy atom. The maximum absolute atomic E-state index is 12.6. The van der Waals surface area contributed by atoms with Crippen LogP contribution < -0.4 is 5.32 Å². The van der Waals surface area contributed by atoms with Crippen LogP contribution in [0.3, 0.4) is 0 Å². The molecule has 2 fully saturated rings. The van der Waals surface area contributed by atoms with Crippen LogP contribution in [-0.4, -0.2) is 42.6 Å². The molecule has 1 amide bonds. The molecule has 1 heterocycles. The van der Waals surface area contributed by atoms with Crippen LogP contribution in [0.5, 0.6) is 0 Å². The number of nitrogens with one attached hydrogen (secondary N) is 1. The van der Waals surface area contributed by atoms with E-state index < -0.39 is 0 Å². The summed E-state index contributed by atoms with van der Waals surface area (Å²) in [6.07, 6.45) is 8.32. The smallest absolute Gasteiger partial charge is 0.307 e. The van der Waals surface area contributed by atoms with E-state index >= 15 is 0 Å². The van der Waals surface area contributed by atoms with E-state index in [9.17, 15) is 9.59 Å². The molecule has 2 rings (SSSR count). The molecule has 2 atom stereocenters. The van der Waals surface area contributed by atoms with E-state index in [-0.39, 0.29) is 30.5 Å². The molecule has 0 bridgehead atoms. The first kappa shape index (κ1) is 16.3. The van der Waals surface area contributed by atoms with Gasteiger partial charge in [-0.15, -0.1) is 0 Å². The molecule has 21 heavy (non-hydrogen) atoms. The van der Waals surface area contributed by atoms with E-state index in [4.69, 9.17) is 4.74 Å². The number of hydrogen-bond donors (Lipinski definition) is 1. The first-order valence-electron chi connectivity index (χ1n) is 8.30. The minimum absolute atomic E-state index is 0.0619. The molecular formula is C16H28N2O3. The molecule has 1 saturated heterocycles. The van der Waals surface area contributed by atoms with E-state index in [1.54, 1.807) is 0 Å². The van der Waals surface area contributed by atoms with Gasteiger partial charge >= 0.3 is 5.97 Å². The second-order valence-corrected chi connectivity index (χ2v) is 6.21. The Morgan fingerprint density at radius 1 is 1.38 bits per heavy atom. The summed E-state index contributed by atoms with van der Waals surface area (Å²) in [6, 6.07) is -0.0619. The second-order valence-electron chi connectivity index (χ2n) is 6.21. The topological polar surface area (TPSA) is 58.6 Å². The number of carbonyl (C=O) groups excluding carboxylic acids is 2. The van der Waals surface area contributed by atoms with Gasteiger partial charge in [0.2, 0.25) is 5.91 Å². The monoisotopic (exact) mass is 296 g/mol. The fourth-order valence-electron chi connectivity index (χ4n) is 3.55. The van der Waals surface area contributed by atoms with Crippen LogP contribution in [0.2, 0.25) is 0 Å². The third-order valence-electron chi connectivity index (χ3n) is 4.77. The third-order valence-corrected chi connectivity index (χ3v) is 4.77. The number of hydrogen-bond acceptors (Lipinski definition) is 4. The standard InChI is InChI=1S/C16H28N2O3/c1-3-4-9-13-16(20)18(11-10-14(19)21-2)15(17-13)12-7-5-6-8-12/h12-13,15,17H,3-11H2,1-2H3. The molecule has 1 aliphatic heterocycles. The van der Waals surface area contributed by atoms with Crippen molar-refractivity contribution in [2.24, 2.45) is 5.92 Å². The van der Waals surface area contributed by atoms with Crippen LogP contribution in [0, 0.1) is 5.92 Å². The quantitative estimate of drug-likeness (QED) is 0.731. The van der Waals surface area contributed by atoms with E-state index in [2.05, 4.69) is 12.2 Å². The zero-order valence-electron chi connectivity index (χ0n) is 13.3. The number of amides is 1. The van der Waals surface area contributed by atoms with Gasteiger partial charge in [-0.1, -0.05) is 32.6 Å². The van der Waals surface area contributed by atoms with Crippen molar-refractivity contribution < 1.29 is 14.3 Å². The van der Waals surface area contributed by atoms with Crippen LogP contribution in [0.15, 0.2) is 0 Å². The highest BCUT2D eigenvalue weighted by Crippen LogP contribution is 2.32. The molecule has 120 valence electrons. The summed E-state index contributed by atoms with van der Waals surface area (Å²) in [6.45, 7) is 2.62. The average Bonchev–Trinajstić information content (AvgIpc) is 3.11. The molecule has 1 aliphatic carbocycles. The van der Waals surface area contributed by atoms with Crippen molar-refractivity contribution in [3.63, 3.8) is 0 Å². The van der Waals surface area contributed by atoms with Crippen molar-refractivity contribution in [1.29, 1.82) is 0 Å². The lowest BCUT2D eigenvalue weighted by molar-refractivity contribution is -0.141. The highest BCUT2D eigenvalue weighted by atomic mass is 16.5. The Balaban J connectivity index is 2.00. The average molecular weight is 296 g/mol. The fourth-order valence-corrected chi connectivity index (χ4v) is 3.55. The van der Waals surface area contributed by atoms with Gasteiger partial charge in [-0.2, -0.15) is 0 Å². The van der Waals surface area contributed by atoms with Gasteiger partial charge in [0.1, 0.15) is 0 Å². The predicted octanol–water partition coefficient (Wildman–Crippen LogP) is 2.06. The van der Waals surface area contributed by atoms with Crippen molar-refractivity contribution in [2.75, 3.05) is 13.7 Å². The molecule has 1 N–H and O–H groups in total. The summed E-state index contributed by atoms with van der Waals surface area (Å²) in [5, 5.41) is 3.53. The summed E-state index contributed by atoms with van der Waals surface area (Å²) < 4.78 is 4.70. The molecular weight excluding hydrogens is 268 g/mol. The molecule has 2 unspecified atom stereocenters. The predicted molar refractivity (Wildman–Crippen MR) is 80.5 cm³/mol. The largest absolute Gasteiger partial charge is 0.469 e. The Kier molecular flexibility index (Phi) is 6.03. The van der Waals surface area contributed by atoms with Crippen LogP contribution in [0.4, 0.5) is 0 Å². The van der Waals surface area contributed by atoms with Crippen LogP contribution in [0.25, 0.3) is 0 Å². The summed E-state index contributed by atoms with van der Waals surface area (Å²) in [7, 11) is 1.39. The number of esters is 1. The van der Waals surface area contributed by atoms with Gasteiger partial charge in [-0.3, -0.25) is 14.9 Å². The lowest BCUT2D eigenvalue weighted by Gasteiger charge is -2.28. The first-order valence-corrected chi connectivity index (χ1v) is 8.30. The number of rotatable bonds is 7. The van der Waals surface area contributed by atoms with Gasteiger partial charge in [-0.25, -0.2) is 0 Å². The lowest BCUT2D eigenvalue weighted by atomic mass is 10.0. The van der Waals surface area contributed by atoms with Crippen molar-refractivity contribution in [3.05, 3.63) is 0 Å². The fraction of sp³-hybridized carbons (Fsp3) is 0.875. The maximum Gasteiger partial charge on any atom is 0.307 e. The van der Waals surface area contributed by atoms with E-state index in [1.807, 2.05) is 4.90 Å². The van der Waals surface area contributed by atoms with E-state index in [0.29, 0.717) is 12.5 Å². The van der Waals surface area contributed by atoms with Crippen LogP contribution in [-0.2, 0) is 14.3 Å². The Morgan fingerprint density at radius 3 is 2.71 bits per heavy atom. The van der Waals surface area contributed by atoms with Crippen LogP contribution >= 0.6 is 0 Å².